The average Bonchev–Trinajstić information content (AvgIpc) is 3.27. The number of nitrogens with one attached hydrogen (secondary N) is 1. The van der Waals surface area contributed by atoms with Crippen LogP contribution in [-0.4, -0.2) is 44.9 Å². The van der Waals surface area contributed by atoms with Crippen molar-refractivity contribution < 1.29 is 18.0 Å². The zero-order chi connectivity index (χ0) is 22.7. The molecule has 1 N–H and O–H groups in total. The number of halogens is 4. The molecule has 1 aliphatic rings. The van der Waals surface area contributed by atoms with E-state index in [0.29, 0.717) is 5.02 Å². The maximum atomic E-state index is 13.2. The first-order valence-electron chi connectivity index (χ1n) is 10.2. The minimum absolute atomic E-state index is 0.0226. The second kappa shape index (κ2) is 9.30. The summed E-state index contributed by atoms with van der Waals surface area (Å²) in [4.78, 5) is 14.9. The van der Waals surface area contributed by atoms with Gasteiger partial charge in [0.2, 0.25) is 0 Å². The topological polar surface area (TPSA) is 63.1 Å². The number of carbonyl (C=O) groups is 1. The van der Waals surface area contributed by atoms with Gasteiger partial charge in [-0.1, -0.05) is 41.1 Å². The highest BCUT2D eigenvalue weighted by Gasteiger charge is 2.34. The molecule has 1 aliphatic heterocycles. The molecular formula is C22H21ClF3N5O. The van der Waals surface area contributed by atoms with Gasteiger partial charge in [0.05, 0.1) is 17.4 Å². The molecule has 1 saturated heterocycles. The van der Waals surface area contributed by atoms with Crippen molar-refractivity contribution >= 4 is 17.5 Å². The van der Waals surface area contributed by atoms with E-state index in [4.69, 9.17) is 11.6 Å². The van der Waals surface area contributed by atoms with Crippen LogP contribution in [0.25, 0.3) is 5.69 Å². The number of amides is 1. The molecule has 3 aromatic rings. The first-order valence-corrected chi connectivity index (χ1v) is 10.5. The summed E-state index contributed by atoms with van der Waals surface area (Å²) in [7, 11) is 0. The summed E-state index contributed by atoms with van der Waals surface area (Å²) in [6, 6.07) is 12.7. The summed E-state index contributed by atoms with van der Waals surface area (Å²) in [5.74, 6) is -0.447. The minimum atomic E-state index is -4.54. The standard InChI is InChI=1S/C22H21ClF3N5O/c23-16-7-5-15(6-8-16)13-30-11-9-17(10-12-30)27-21(32)19-14-31(29-28-19)20-4-2-1-3-18(20)22(24,25)26/h1-8,14,17H,9-13H2,(H,27,32). The van der Waals surface area contributed by atoms with Crippen LogP contribution in [0.15, 0.2) is 54.7 Å². The zero-order valence-corrected chi connectivity index (χ0v) is 17.8. The van der Waals surface area contributed by atoms with Crippen LogP contribution in [0, 0.1) is 0 Å². The van der Waals surface area contributed by atoms with Crippen LogP contribution < -0.4 is 5.32 Å². The summed E-state index contributed by atoms with van der Waals surface area (Å²) in [6.07, 6.45) is -1.78. The zero-order valence-electron chi connectivity index (χ0n) is 17.0. The molecule has 32 heavy (non-hydrogen) atoms. The SMILES string of the molecule is O=C(NC1CCN(Cc2ccc(Cl)cc2)CC1)c1cn(-c2ccccc2C(F)(F)F)nn1. The smallest absolute Gasteiger partial charge is 0.348 e. The van der Waals surface area contributed by atoms with Gasteiger partial charge in [-0.05, 0) is 42.7 Å². The number of nitrogens with zero attached hydrogens (tertiary/aromatic N) is 4. The van der Waals surface area contributed by atoms with Crippen molar-refractivity contribution in [1.29, 1.82) is 0 Å². The Morgan fingerprint density at radius 3 is 2.47 bits per heavy atom. The summed E-state index contributed by atoms with van der Waals surface area (Å²) in [5.41, 5.74) is 0.130. The van der Waals surface area contributed by atoms with Crippen LogP contribution in [0.5, 0.6) is 0 Å². The highest BCUT2D eigenvalue weighted by molar-refractivity contribution is 6.30. The van der Waals surface area contributed by atoms with Gasteiger partial charge in [0.25, 0.3) is 5.91 Å². The first-order chi connectivity index (χ1) is 15.3. The quantitative estimate of drug-likeness (QED) is 0.611. The maximum absolute atomic E-state index is 13.2. The minimum Gasteiger partial charge on any atom is -0.348 e. The van der Waals surface area contributed by atoms with Crippen molar-refractivity contribution in [1.82, 2.24) is 25.2 Å². The van der Waals surface area contributed by atoms with E-state index in [1.54, 1.807) is 0 Å². The molecule has 2 aromatic carbocycles. The van der Waals surface area contributed by atoms with Gasteiger partial charge in [-0.3, -0.25) is 9.69 Å². The van der Waals surface area contributed by atoms with E-state index in [9.17, 15) is 18.0 Å². The van der Waals surface area contributed by atoms with E-state index in [0.717, 1.165) is 43.2 Å². The number of para-hydroxylation sites is 1. The van der Waals surface area contributed by atoms with Gasteiger partial charge in [0.1, 0.15) is 0 Å². The molecule has 168 valence electrons. The van der Waals surface area contributed by atoms with E-state index in [1.165, 1.54) is 30.0 Å². The van der Waals surface area contributed by atoms with Crippen molar-refractivity contribution in [2.75, 3.05) is 13.1 Å². The van der Waals surface area contributed by atoms with Crippen LogP contribution in [0.3, 0.4) is 0 Å². The molecule has 10 heteroatoms. The van der Waals surface area contributed by atoms with E-state index in [1.807, 2.05) is 24.3 Å². The summed E-state index contributed by atoms with van der Waals surface area (Å²) in [5, 5.41) is 11.1. The number of benzene rings is 2. The molecule has 0 unspecified atom stereocenters. The van der Waals surface area contributed by atoms with E-state index >= 15 is 0 Å². The van der Waals surface area contributed by atoms with Gasteiger partial charge >= 0.3 is 6.18 Å². The van der Waals surface area contributed by atoms with Crippen LogP contribution in [0.4, 0.5) is 13.2 Å². The van der Waals surface area contributed by atoms with Crippen molar-refractivity contribution in [3.63, 3.8) is 0 Å². The maximum Gasteiger partial charge on any atom is 0.418 e. The molecule has 0 aliphatic carbocycles. The molecule has 1 amide bonds. The lowest BCUT2D eigenvalue weighted by molar-refractivity contribution is -0.137. The Bertz CT molecular complexity index is 1080. The Balaban J connectivity index is 1.34. The molecule has 0 atom stereocenters. The fourth-order valence-electron chi connectivity index (χ4n) is 3.74. The third kappa shape index (κ3) is 5.28. The van der Waals surface area contributed by atoms with E-state index in [2.05, 4.69) is 20.5 Å². The highest BCUT2D eigenvalue weighted by atomic mass is 35.5. The Morgan fingerprint density at radius 1 is 1.09 bits per heavy atom. The van der Waals surface area contributed by atoms with Crippen molar-refractivity contribution in [2.24, 2.45) is 0 Å². The highest BCUT2D eigenvalue weighted by Crippen LogP contribution is 2.33. The van der Waals surface area contributed by atoms with Crippen molar-refractivity contribution in [3.8, 4) is 5.69 Å². The Hall–Kier alpha value is -2.91. The molecule has 2 heterocycles. The first kappa shape index (κ1) is 22.3. The monoisotopic (exact) mass is 463 g/mol. The number of aromatic nitrogens is 3. The number of likely N-dealkylation sites (tertiary alicyclic amines) is 1. The molecule has 1 fully saturated rings. The Labute approximate surface area is 188 Å². The van der Waals surface area contributed by atoms with Crippen LogP contribution in [-0.2, 0) is 12.7 Å². The van der Waals surface area contributed by atoms with Crippen molar-refractivity contribution in [3.05, 3.63) is 76.6 Å². The fourth-order valence-corrected chi connectivity index (χ4v) is 3.87. The summed E-state index contributed by atoms with van der Waals surface area (Å²) >= 11 is 5.92. The van der Waals surface area contributed by atoms with Crippen LogP contribution in [0.2, 0.25) is 5.02 Å². The number of alkyl halides is 3. The Morgan fingerprint density at radius 2 is 1.78 bits per heavy atom. The van der Waals surface area contributed by atoms with Gasteiger partial charge in [0, 0.05) is 30.7 Å². The molecule has 4 rings (SSSR count). The van der Waals surface area contributed by atoms with E-state index < -0.39 is 17.6 Å². The molecule has 6 nitrogen and oxygen atoms in total. The predicted molar refractivity (Wildman–Crippen MR) is 114 cm³/mol. The molecule has 0 bridgehead atoms. The molecule has 0 radical (unpaired) electrons. The number of rotatable bonds is 5. The summed E-state index contributed by atoms with van der Waals surface area (Å²) < 4.78 is 40.7. The molecule has 0 saturated carbocycles. The average molecular weight is 464 g/mol. The predicted octanol–water partition coefficient (Wildman–Crippen LogP) is 4.33. The number of hydrogen-bond acceptors (Lipinski definition) is 4. The number of hydrogen-bond donors (Lipinski definition) is 1. The fraction of sp³-hybridized carbons (Fsp3) is 0.318. The lowest BCUT2D eigenvalue weighted by atomic mass is 10.0. The van der Waals surface area contributed by atoms with Gasteiger partial charge in [-0.15, -0.1) is 5.10 Å². The van der Waals surface area contributed by atoms with E-state index in [-0.39, 0.29) is 17.4 Å². The number of carbonyl (C=O) groups excluding carboxylic acids is 1. The van der Waals surface area contributed by atoms with Crippen LogP contribution in [0.1, 0.15) is 34.5 Å². The molecular weight excluding hydrogens is 443 g/mol. The molecule has 1 aromatic heterocycles. The second-order valence-electron chi connectivity index (χ2n) is 7.71. The van der Waals surface area contributed by atoms with Gasteiger partial charge < -0.3 is 5.32 Å². The lowest BCUT2D eigenvalue weighted by Gasteiger charge is -2.32. The molecule has 0 spiro atoms. The summed E-state index contributed by atoms with van der Waals surface area (Å²) in [6.45, 7) is 2.45. The van der Waals surface area contributed by atoms with Gasteiger partial charge in [-0.25, -0.2) is 4.68 Å². The lowest BCUT2D eigenvalue weighted by Crippen LogP contribution is -2.44. The van der Waals surface area contributed by atoms with Gasteiger partial charge in [-0.2, -0.15) is 13.2 Å². The largest absolute Gasteiger partial charge is 0.418 e. The Kier molecular flexibility index (Phi) is 6.48. The van der Waals surface area contributed by atoms with Crippen molar-refractivity contribution in [2.45, 2.75) is 31.6 Å². The van der Waals surface area contributed by atoms with Gasteiger partial charge in [0.15, 0.2) is 5.69 Å². The number of piperidine rings is 1. The second-order valence-corrected chi connectivity index (χ2v) is 8.15. The third-order valence-corrected chi connectivity index (χ3v) is 5.68. The van der Waals surface area contributed by atoms with Crippen LogP contribution >= 0.6 is 11.6 Å². The normalized spacial score (nSPS) is 15.6. The third-order valence-electron chi connectivity index (χ3n) is 5.42.